The highest BCUT2D eigenvalue weighted by atomic mass is 19.4. The summed E-state index contributed by atoms with van der Waals surface area (Å²) in [5.74, 6) is -2.30. The number of carboxylic acid groups (broad SMARTS) is 1. The number of carbonyl (C=O) groups is 2. The summed E-state index contributed by atoms with van der Waals surface area (Å²) in [7, 11) is 0. The Bertz CT molecular complexity index is 1370. The van der Waals surface area contributed by atoms with E-state index in [0.29, 0.717) is 25.1 Å². The first-order valence-corrected chi connectivity index (χ1v) is 14.1. The molecule has 11 heteroatoms. The predicted octanol–water partition coefficient (Wildman–Crippen LogP) is 5.38. The van der Waals surface area contributed by atoms with Gasteiger partial charge in [-0.1, -0.05) is 55.0 Å². The van der Waals surface area contributed by atoms with E-state index in [1.54, 1.807) is 4.90 Å². The zero-order valence-electron chi connectivity index (χ0n) is 23.5. The van der Waals surface area contributed by atoms with Gasteiger partial charge in [0.05, 0.1) is 13.0 Å². The number of rotatable bonds is 8. The molecule has 0 aromatic heterocycles. The predicted molar refractivity (Wildman–Crippen MR) is 152 cm³/mol. The highest BCUT2D eigenvalue weighted by Gasteiger charge is 2.48. The van der Waals surface area contributed by atoms with Crippen LogP contribution in [-0.2, 0) is 21.4 Å². The molecule has 1 heterocycles. The lowest BCUT2D eigenvalue weighted by molar-refractivity contribution is -0.142. The summed E-state index contributed by atoms with van der Waals surface area (Å²) in [6.45, 7) is 2.17. The number of benzene rings is 3. The Kier molecular flexibility index (Phi) is 10.2. The van der Waals surface area contributed by atoms with Crippen LogP contribution < -0.4 is 5.73 Å². The standard InChI is InChI=1S/C30H30F2N2O3.C2H4F3N/c31-22-17-21(18-23(32)20-22)19-28(35)34-15-13-33(14-16-34)12-6-5-11-30(29(36)37)26-9-3-1-7-24(26)25-8-2-4-10-27(25)30;3-2(4,5)1-6/h1-4,7-10,17-18,20H,5-6,11-16,19H2,(H,36,37);1,6H2. The van der Waals surface area contributed by atoms with Gasteiger partial charge in [0.1, 0.15) is 17.0 Å². The Balaban J connectivity index is 0.000000641. The van der Waals surface area contributed by atoms with Gasteiger partial charge in [-0.05, 0) is 59.3 Å². The number of hydrogen-bond donors (Lipinski definition) is 2. The number of hydrogen-bond acceptors (Lipinski definition) is 4. The first kappa shape index (κ1) is 32.1. The molecular weight excluding hydrogens is 569 g/mol. The summed E-state index contributed by atoms with van der Waals surface area (Å²) in [4.78, 5) is 29.4. The van der Waals surface area contributed by atoms with Crippen molar-refractivity contribution in [2.24, 2.45) is 5.73 Å². The molecule has 43 heavy (non-hydrogen) atoms. The van der Waals surface area contributed by atoms with Gasteiger partial charge in [0.2, 0.25) is 5.91 Å². The molecule has 0 radical (unpaired) electrons. The first-order chi connectivity index (χ1) is 20.4. The molecule has 1 aliphatic heterocycles. The number of amides is 1. The van der Waals surface area contributed by atoms with Gasteiger partial charge in [-0.15, -0.1) is 0 Å². The van der Waals surface area contributed by atoms with Crippen LogP contribution in [-0.4, -0.2) is 72.2 Å². The van der Waals surface area contributed by atoms with E-state index in [1.165, 1.54) is 12.1 Å². The summed E-state index contributed by atoms with van der Waals surface area (Å²) in [5.41, 5.74) is 7.23. The smallest absolute Gasteiger partial charge is 0.400 e. The van der Waals surface area contributed by atoms with Crippen LogP contribution >= 0.6 is 0 Å². The molecular formula is C32H34F5N3O3. The Morgan fingerprint density at radius 2 is 1.35 bits per heavy atom. The lowest BCUT2D eigenvalue weighted by atomic mass is 9.74. The number of fused-ring (bicyclic) bond motifs is 3. The Morgan fingerprint density at radius 3 is 1.84 bits per heavy atom. The number of carboxylic acids is 1. The van der Waals surface area contributed by atoms with Gasteiger partial charge in [-0.25, -0.2) is 8.78 Å². The molecule has 6 nitrogen and oxygen atoms in total. The molecule has 1 aliphatic carbocycles. The molecule has 0 unspecified atom stereocenters. The van der Waals surface area contributed by atoms with Crippen molar-refractivity contribution in [1.82, 2.24) is 9.80 Å². The molecule has 0 saturated carbocycles. The molecule has 0 spiro atoms. The summed E-state index contributed by atoms with van der Waals surface area (Å²) >= 11 is 0. The Labute approximate surface area is 246 Å². The van der Waals surface area contributed by atoms with E-state index < -0.39 is 35.7 Å². The SMILES string of the molecule is NCC(F)(F)F.O=C(Cc1cc(F)cc(F)c1)N1CCN(CCCCC2(C(=O)O)c3ccccc3-c3ccccc32)CC1. The highest BCUT2D eigenvalue weighted by Crippen LogP contribution is 2.51. The van der Waals surface area contributed by atoms with Crippen LogP contribution in [0.4, 0.5) is 22.0 Å². The van der Waals surface area contributed by atoms with Crippen molar-refractivity contribution in [2.75, 3.05) is 39.3 Å². The van der Waals surface area contributed by atoms with Crippen LogP contribution in [0.25, 0.3) is 11.1 Å². The van der Waals surface area contributed by atoms with Crippen LogP contribution in [0.5, 0.6) is 0 Å². The summed E-state index contributed by atoms with van der Waals surface area (Å²) < 4.78 is 58.8. The van der Waals surface area contributed by atoms with Gasteiger partial charge < -0.3 is 15.7 Å². The van der Waals surface area contributed by atoms with Crippen molar-refractivity contribution < 1.29 is 36.6 Å². The minimum absolute atomic E-state index is 0.0189. The molecule has 3 aromatic carbocycles. The minimum atomic E-state index is -4.18. The Morgan fingerprint density at radius 1 is 0.837 bits per heavy atom. The molecule has 0 atom stereocenters. The van der Waals surface area contributed by atoms with Crippen LogP contribution in [0.15, 0.2) is 66.7 Å². The molecule has 1 fully saturated rings. The number of nitrogens with zero attached hydrogens (tertiary/aromatic N) is 2. The van der Waals surface area contributed by atoms with Gasteiger partial charge in [-0.3, -0.25) is 14.5 Å². The fraction of sp³-hybridized carbons (Fsp3) is 0.375. The normalized spacial score (nSPS) is 15.7. The van der Waals surface area contributed by atoms with E-state index in [-0.39, 0.29) is 12.3 Å². The maximum absolute atomic E-state index is 13.4. The molecule has 3 N–H and O–H groups in total. The third kappa shape index (κ3) is 7.58. The topological polar surface area (TPSA) is 86.9 Å². The Hall–Kier alpha value is -3.83. The van der Waals surface area contributed by atoms with Gasteiger partial charge in [0.15, 0.2) is 0 Å². The fourth-order valence-electron chi connectivity index (χ4n) is 5.88. The molecule has 1 saturated heterocycles. The summed E-state index contributed by atoms with van der Waals surface area (Å²) in [6, 6.07) is 18.8. The third-order valence-corrected chi connectivity index (χ3v) is 7.94. The maximum atomic E-state index is 13.4. The minimum Gasteiger partial charge on any atom is -0.480 e. The largest absolute Gasteiger partial charge is 0.480 e. The van der Waals surface area contributed by atoms with Gasteiger partial charge in [-0.2, -0.15) is 13.2 Å². The van der Waals surface area contributed by atoms with Crippen molar-refractivity contribution in [2.45, 2.75) is 37.3 Å². The van der Waals surface area contributed by atoms with E-state index >= 15 is 0 Å². The number of unbranched alkanes of at least 4 members (excludes halogenated alkanes) is 1. The molecule has 0 bridgehead atoms. The zero-order chi connectivity index (χ0) is 31.2. The third-order valence-electron chi connectivity index (χ3n) is 7.94. The molecule has 1 amide bonds. The van der Waals surface area contributed by atoms with Crippen LogP contribution in [0.3, 0.4) is 0 Å². The second kappa shape index (κ2) is 13.6. The monoisotopic (exact) mass is 603 g/mol. The number of carbonyl (C=O) groups excluding carboxylic acids is 1. The van der Waals surface area contributed by atoms with Crippen molar-refractivity contribution in [3.63, 3.8) is 0 Å². The fourth-order valence-corrected chi connectivity index (χ4v) is 5.88. The van der Waals surface area contributed by atoms with Crippen molar-refractivity contribution in [3.05, 3.63) is 95.1 Å². The van der Waals surface area contributed by atoms with E-state index in [4.69, 9.17) is 0 Å². The average molecular weight is 604 g/mol. The zero-order valence-corrected chi connectivity index (χ0v) is 23.5. The van der Waals surface area contributed by atoms with Crippen molar-refractivity contribution >= 4 is 11.9 Å². The maximum Gasteiger partial charge on any atom is 0.400 e. The number of halogens is 5. The molecule has 2 aliphatic rings. The number of piperazine rings is 1. The first-order valence-electron chi connectivity index (χ1n) is 14.1. The average Bonchev–Trinajstić information content (AvgIpc) is 3.26. The van der Waals surface area contributed by atoms with E-state index in [2.05, 4.69) is 10.6 Å². The second-order valence-corrected chi connectivity index (χ2v) is 10.8. The van der Waals surface area contributed by atoms with E-state index in [9.17, 15) is 36.6 Å². The highest BCUT2D eigenvalue weighted by molar-refractivity contribution is 5.97. The molecule has 3 aromatic rings. The summed E-state index contributed by atoms with van der Waals surface area (Å²) in [5, 5.41) is 10.4. The van der Waals surface area contributed by atoms with Crippen LogP contribution in [0.1, 0.15) is 36.0 Å². The lowest BCUT2D eigenvalue weighted by Gasteiger charge is -2.35. The van der Waals surface area contributed by atoms with Gasteiger partial charge >= 0.3 is 12.1 Å². The molecule has 230 valence electrons. The quantitative estimate of drug-likeness (QED) is 0.267. The number of aliphatic carboxylic acids is 1. The lowest BCUT2D eigenvalue weighted by Crippen LogP contribution is -2.49. The van der Waals surface area contributed by atoms with E-state index in [1.807, 2.05) is 48.5 Å². The number of nitrogens with two attached hydrogens (primary N) is 1. The van der Waals surface area contributed by atoms with Crippen molar-refractivity contribution in [1.29, 1.82) is 0 Å². The van der Waals surface area contributed by atoms with Crippen LogP contribution in [0, 0.1) is 11.6 Å². The number of alkyl halides is 3. The summed E-state index contributed by atoms with van der Waals surface area (Å²) in [6.07, 6.45) is -2.05. The van der Waals surface area contributed by atoms with Gasteiger partial charge in [0.25, 0.3) is 0 Å². The second-order valence-electron chi connectivity index (χ2n) is 10.8. The van der Waals surface area contributed by atoms with Crippen LogP contribution in [0.2, 0.25) is 0 Å². The van der Waals surface area contributed by atoms with Crippen molar-refractivity contribution in [3.8, 4) is 11.1 Å². The van der Waals surface area contributed by atoms with Gasteiger partial charge in [0, 0.05) is 32.2 Å². The van der Waals surface area contributed by atoms with E-state index in [0.717, 1.165) is 60.8 Å². The molecule has 5 rings (SSSR count).